The molecular weight excluding hydrogens is 276 g/mol. The first-order valence-corrected chi connectivity index (χ1v) is 9.29. The van der Waals surface area contributed by atoms with Gasteiger partial charge in [-0.05, 0) is 37.5 Å². The zero-order valence-corrected chi connectivity index (χ0v) is 13.7. The predicted octanol–water partition coefficient (Wildman–Crippen LogP) is 1.89. The molecule has 0 aromatic rings. The van der Waals surface area contributed by atoms with E-state index in [9.17, 15) is 13.5 Å². The van der Waals surface area contributed by atoms with Crippen LogP contribution in [0, 0.1) is 5.41 Å². The summed E-state index contributed by atoms with van der Waals surface area (Å²) in [5.74, 6) is 0. The van der Waals surface area contributed by atoms with Gasteiger partial charge in [0.1, 0.15) is 0 Å². The third-order valence-corrected chi connectivity index (χ3v) is 6.23. The van der Waals surface area contributed by atoms with Gasteiger partial charge < -0.3 is 5.11 Å². The van der Waals surface area contributed by atoms with E-state index in [4.69, 9.17) is 0 Å². The second-order valence-electron chi connectivity index (χ2n) is 5.82. The van der Waals surface area contributed by atoms with Crippen molar-refractivity contribution < 1.29 is 13.5 Å². The monoisotopic (exact) mass is 306 g/mol. The van der Waals surface area contributed by atoms with Gasteiger partial charge in [0, 0.05) is 26.2 Å². The molecule has 1 heterocycles. The highest BCUT2D eigenvalue weighted by Gasteiger charge is 2.30. The number of aliphatic hydroxyl groups excluding tert-OH is 1. The van der Waals surface area contributed by atoms with Crippen LogP contribution in [0.2, 0.25) is 0 Å². The van der Waals surface area contributed by atoms with E-state index in [1.165, 1.54) is 0 Å². The highest BCUT2D eigenvalue weighted by Crippen LogP contribution is 2.29. The first kappa shape index (κ1) is 17.9. The summed E-state index contributed by atoms with van der Waals surface area (Å²) in [4.78, 5) is 0. The lowest BCUT2D eigenvalue weighted by Crippen LogP contribution is -2.45. The fourth-order valence-corrected chi connectivity index (χ4v) is 4.21. The normalized spacial score (nSPS) is 18.9. The first-order valence-electron chi connectivity index (χ1n) is 7.85. The van der Waals surface area contributed by atoms with Crippen molar-refractivity contribution >= 4 is 10.2 Å². The van der Waals surface area contributed by atoms with E-state index in [2.05, 4.69) is 18.6 Å². The minimum Gasteiger partial charge on any atom is -0.396 e. The van der Waals surface area contributed by atoms with Crippen molar-refractivity contribution in [1.82, 2.24) is 9.03 Å². The molecular formula is C14H30N2O3S. The van der Waals surface area contributed by atoms with Crippen molar-refractivity contribution in [2.24, 2.45) is 5.41 Å². The van der Waals surface area contributed by atoms with Gasteiger partial charge in [-0.25, -0.2) is 4.72 Å². The topological polar surface area (TPSA) is 69.6 Å². The Balaban J connectivity index is 2.64. The van der Waals surface area contributed by atoms with Gasteiger partial charge in [0.15, 0.2) is 0 Å². The molecule has 6 heteroatoms. The van der Waals surface area contributed by atoms with E-state index in [-0.39, 0.29) is 12.0 Å². The quantitative estimate of drug-likeness (QED) is 0.719. The zero-order chi connectivity index (χ0) is 15.1. The van der Waals surface area contributed by atoms with Crippen LogP contribution in [0.15, 0.2) is 0 Å². The largest absolute Gasteiger partial charge is 0.396 e. The summed E-state index contributed by atoms with van der Waals surface area (Å²) >= 11 is 0. The summed E-state index contributed by atoms with van der Waals surface area (Å²) in [6.07, 6.45) is 6.50. The molecule has 0 aliphatic carbocycles. The van der Waals surface area contributed by atoms with Crippen LogP contribution in [-0.4, -0.2) is 44.1 Å². The molecule has 1 saturated heterocycles. The Kier molecular flexibility index (Phi) is 7.43. The van der Waals surface area contributed by atoms with Gasteiger partial charge in [0.25, 0.3) is 10.2 Å². The second kappa shape index (κ2) is 8.32. The van der Waals surface area contributed by atoms with E-state index >= 15 is 0 Å². The number of nitrogens with one attached hydrogen (secondary N) is 1. The molecule has 0 amide bonds. The molecule has 0 radical (unpaired) electrons. The minimum atomic E-state index is -3.38. The van der Waals surface area contributed by atoms with Crippen LogP contribution in [0.4, 0.5) is 0 Å². The molecule has 0 aromatic heterocycles. The lowest BCUT2D eigenvalue weighted by Gasteiger charge is -2.32. The average molecular weight is 306 g/mol. The molecule has 0 aromatic carbocycles. The highest BCUT2D eigenvalue weighted by atomic mass is 32.2. The Morgan fingerprint density at radius 2 is 1.65 bits per heavy atom. The zero-order valence-electron chi connectivity index (χ0n) is 12.9. The Morgan fingerprint density at radius 1 is 1.10 bits per heavy atom. The van der Waals surface area contributed by atoms with E-state index in [1.54, 1.807) is 4.31 Å². The summed E-state index contributed by atoms with van der Waals surface area (Å²) < 4.78 is 29.1. The Hall–Kier alpha value is -0.170. The van der Waals surface area contributed by atoms with E-state index < -0.39 is 10.2 Å². The van der Waals surface area contributed by atoms with E-state index in [0.29, 0.717) is 26.1 Å². The van der Waals surface area contributed by atoms with Crippen LogP contribution in [0.3, 0.4) is 0 Å². The summed E-state index contributed by atoms with van der Waals surface area (Å²) in [7, 11) is -3.38. The summed E-state index contributed by atoms with van der Waals surface area (Å²) in [6.45, 7) is 5.88. The molecule has 5 nitrogen and oxygen atoms in total. The van der Waals surface area contributed by atoms with Gasteiger partial charge in [-0.2, -0.15) is 12.7 Å². The van der Waals surface area contributed by atoms with Crippen LogP contribution in [0.5, 0.6) is 0 Å². The van der Waals surface area contributed by atoms with Gasteiger partial charge >= 0.3 is 0 Å². The number of aliphatic hydroxyl groups is 1. The molecule has 0 atom stereocenters. The molecule has 0 unspecified atom stereocenters. The lowest BCUT2D eigenvalue weighted by atomic mass is 9.80. The standard InChI is InChI=1S/C14H30N2O3S/c1-3-14(4-2,9-12-17)13-15-20(18,19)16-10-7-5-6-8-11-16/h15,17H,3-13H2,1-2H3. The summed E-state index contributed by atoms with van der Waals surface area (Å²) in [5, 5.41) is 9.19. The van der Waals surface area contributed by atoms with Crippen molar-refractivity contribution in [3.63, 3.8) is 0 Å². The molecule has 2 N–H and O–H groups in total. The number of hydrogen-bond acceptors (Lipinski definition) is 3. The maximum atomic E-state index is 12.4. The van der Waals surface area contributed by atoms with Gasteiger partial charge in [0.2, 0.25) is 0 Å². The molecule has 1 aliphatic heterocycles. The minimum absolute atomic E-state index is 0.104. The van der Waals surface area contributed by atoms with Crippen molar-refractivity contribution in [2.45, 2.75) is 58.8 Å². The van der Waals surface area contributed by atoms with Crippen LogP contribution in [0.1, 0.15) is 58.8 Å². The molecule has 1 fully saturated rings. The molecule has 1 rings (SSSR count). The number of rotatable bonds is 8. The maximum Gasteiger partial charge on any atom is 0.279 e. The van der Waals surface area contributed by atoms with Crippen LogP contribution >= 0.6 is 0 Å². The molecule has 1 aliphatic rings. The third kappa shape index (κ3) is 4.98. The predicted molar refractivity (Wildman–Crippen MR) is 81.7 cm³/mol. The maximum absolute atomic E-state index is 12.4. The molecule has 20 heavy (non-hydrogen) atoms. The van der Waals surface area contributed by atoms with E-state index in [1.807, 2.05) is 0 Å². The van der Waals surface area contributed by atoms with Crippen LogP contribution < -0.4 is 4.72 Å². The van der Waals surface area contributed by atoms with Gasteiger partial charge in [-0.3, -0.25) is 0 Å². The summed E-state index contributed by atoms with van der Waals surface area (Å²) in [6, 6.07) is 0. The van der Waals surface area contributed by atoms with Crippen molar-refractivity contribution in [1.29, 1.82) is 0 Å². The van der Waals surface area contributed by atoms with Crippen LogP contribution in [0.25, 0.3) is 0 Å². The number of nitrogens with zero attached hydrogens (tertiary/aromatic N) is 1. The van der Waals surface area contributed by atoms with Crippen LogP contribution in [-0.2, 0) is 10.2 Å². The Labute approximate surface area is 123 Å². The smallest absolute Gasteiger partial charge is 0.279 e. The summed E-state index contributed by atoms with van der Waals surface area (Å²) in [5.41, 5.74) is -0.131. The highest BCUT2D eigenvalue weighted by molar-refractivity contribution is 7.87. The van der Waals surface area contributed by atoms with Crippen molar-refractivity contribution in [3.05, 3.63) is 0 Å². The van der Waals surface area contributed by atoms with Gasteiger partial charge in [0.05, 0.1) is 0 Å². The molecule has 0 spiro atoms. The third-order valence-electron chi connectivity index (χ3n) is 4.68. The van der Waals surface area contributed by atoms with Crippen molar-refractivity contribution in [2.75, 3.05) is 26.2 Å². The first-order chi connectivity index (χ1) is 9.49. The van der Waals surface area contributed by atoms with E-state index in [0.717, 1.165) is 38.5 Å². The Morgan fingerprint density at radius 3 is 2.10 bits per heavy atom. The Bertz CT molecular complexity index is 359. The van der Waals surface area contributed by atoms with Crippen molar-refractivity contribution in [3.8, 4) is 0 Å². The molecule has 0 bridgehead atoms. The molecule has 120 valence electrons. The second-order valence-corrected chi connectivity index (χ2v) is 7.58. The molecule has 0 saturated carbocycles. The average Bonchev–Trinajstić information content (AvgIpc) is 2.73. The van der Waals surface area contributed by atoms with Gasteiger partial charge in [-0.15, -0.1) is 0 Å². The lowest BCUT2D eigenvalue weighted by molar-refractivity contribution is 0.170. The number of hydrogen-bond donors (Lipinski definition) is 2. The van der Waals surface area contributed by atoms with Gasteiger partial charge in [-0.1, -0.05) is 26.7 Å². The fraction of sp³-hybridized carbons (Fsp3) is 1.00. The fourth-order valence-electron chi connectivity index (χ4n) is 2.80. The SMILES string of the molecule is CCC(CC)(CCO)CNS(=O)(=O)N1CCCCCC1.